The van der Waals surface area contributed by atoms with E-state index in [1.165, 1.54) is 29.6 Å². The number of aliphatic imine (C=N–C) groups is 1. The van der Waals surface area contributed by atoms with Gasteiger partial charge in [-0.1, -0.05) is 29.8 Å². The summed E-state index contributed by atoms with van der Waals surface area (Å²) < 4.78 is 14.4. The molecule has 0 aromatic heterocycles. The van der Waals surface area contributed by atoms with Crippen molar-refractivity contribution in [1.82, 2.24) is 0 Å². The second-order valence-corrected chi connectivity index (χ2v) is 9.97. The summed E-state index contributed by atoms with van der Waals surface area (Å²) in [5.74, 6) is 0.493. The van der Waals surface area contributed by atoms with Crippen molar-refractivity contribution in [2.24, 2.45) is 21.6 Å². The highest BCUT2D eigenvalue weighted by Crippen LogP contribution is 2.85. The van der Waals surface area contributed by atoms with Crippen LogP contribution in [0.2, 0.25) is 0 Å². The number of hydrogen-bond acceptors (Lipinski definition) is 6. The number of hydrogen-bond donors (Lipinski definition) is 1. The first-order valence-corrected chi connectivity index (χ1v) is 10.6. The molecule has 130 valence electrons. The number of rotatable bonds is 5. The summed E-state index contributed by atoms with van der Waals surface area (Å²) in [7, 11) is 0. The van der Waals surface area contributed by atoms with E-state index in [1.54, 1.807) is 12.1 Å². The van der Waals surface area contributed by atoms with Crippen LogP contribution in [0.1, 0.15) is 25.3 Å². The normalized spacial score (nSPS) is 31.6. The fourth-order valence-corrected chi connectivity index (χ4v) is 7.58. The molecular weight excluding hydrogens is 423 g/mol. The van der Waals surface area contributed by atoms with Gasteiger partial charge in [-0.25, -0.2) is 9.38 Å². The standard InChI is InChI=1S/C17H16BrFN4S2/c1-3-24-17(25-4-2)16(9-21)13(15(16,8-20)14(22)23-17)11-7-10(18)5-6-12(11)19/h5-7,13H,3-4H2,1-2H3,(H2,22,23). The number of halogens is 2. The van der Waals surface area contributed by atoms with Crippen LogP contribution in [0.25, 0.3) is 0 Å². The molecule has 1 aliphatic carbocycles. The van der Waals surface area contributed by atoms with Crippen LogP contribution in [0, 0.1) is 39.3 Å². The van der Waals surface area contributed by atoms with E-state index in [4.69, 9.17) is 5.73 Å². The van der Waals surface area contributed by atoms with Crippen molar-refractivity contribution in [3.05, 3.63) is 34.1 Å². The van der Waals surface area contributed by atoms with Gasteiger partial charge in [0.2, 0.25) is 0 Å². The van der Waals surface area contributed by atoms with E-state index in [-0.39, 0.29) is 5.84 Å². The van der Waals surface area contributed by atoms with Gasteiger partial charge in [0.1, 0.15) is 22.5 Å². The van der Waals surface area contributed by atoms with Gasteiger partial charge < -0.3 is 5.73 Å². The smallest absolute Gasteiger partial charge is 0.175 e. The lowest BCUT2D eigenvalue weighted by Crippen LogP contribution is -2.31. The van der Waals surface area contributed by atoms with Crippen LogP contribution in [0.5, 0.6) is 0 Å². The van der Waals surface area contributed by atoms with Crippen LogP contribution < -0.4 is 5.73 Å². The minimum atomic E-state index is -1.28. The van der Waals surface area contributed by atoms with Crippen LogP contribution in [0.3, 0.4) is 0 Å². The first kappa shape index (κ1) is 18.6. The second kappa shape index (κ2) is 6.19. The maximum atomic E-state index is 14.6. The van der Waals surface area contributed by atoms with Crippen molar-refractivity contribution in [1.29, 1.82) is 10.5 Å². The molecule has 1 aliphatic heterocycles. The van der Waals surface area contributed by atoms with Crippen LogP contribution in [0.15, 0.2) is 27.7 Å². The van der Waals surface area contributed by atoms with Crippen LogP contribution in [0.4, 0.5) is 4.39 Å². The lowest BCUT2D eigenvalue weighted by atomic mass is 9.97. The number of nitriles is 2. The third-order valence-corrected chi connectivity index (χ3v) is 8.26. The molecule has 2 aliphatic rings. The Morgan fingerprint density at radius 1 is 1.28 bits per heavy atom. The highest BCUT2D eigenvalue weighted by molar-refractivity contribution is 9.10. The number of amidine groups is 1. The van der Waals surface area contributed by atoms with Gasteiger partial charge in [0, 0.05) is 10.4 Å². The predicted octanol–water partition coefficient (Wildman–Crippen LogP) is 4.24. The van der Waals surface area contributed by atoms with E-state index < -0.39 is 26.8 Å². The van der Waals surface area contributed by atoms with Crippen LogP contribution in [-0.2, 0) is 0 Å². The zero-order chi connectivity index (χ0) is 18.5. The minimum Gasteiger partial charge on any atom is -0.386 e. The van der Waals surface area contributed by atoms with E-state index in [0.29, 0.717) is 21.5 Å². The molecule has 0 spiro atoms. The Balaban J connectivity index is 2.27. The summed E-state index contributed by atoms with van der Waals surface area (Å²) in [6.07, 6.45) is 0. The largest absolute Gasteiger partial charge is 0.386 e. The number of fused-ring (bicyclic) bond motifs is 1. The van der Waals surface area contributed by atoms with Crippen LogP contribution in [-0.4, -0.2) is 21.5 Å². The molecule has 8 heteroatoms. The highest BCUT2D eigenvalue weighted by atomic mass is 79.9. The molecule has 3 atom stereocenters. The van der Waals surface area contributed by atoms with E-state index in [1.807, 2.05) is 13.8 Å². The predicted molar refractivity (Wildman–Crippen MR) is 104 cm³/mol. The second-order valence-electron chi connectivity index (χ2n) is 5.88. The van der Waals surface area contributed by atoms with Crippen LogP contribution >= 0.6 is 39.5 Å². The van der Waals surface area contributed by atoms with Crippen molar-refractivity contribution in [3.63, 3.8) is 0 Å². The van der Waals surface area contributed by atoms with Gasteiger partial charge >= 0.3 is 0 Å². The van der Waals surface area contributed by atoms with E-state index >= 15 is 0 Å². The van der Waals surface area contributed by atoms with Gasteiger partial charge in [-0.15, -0.1) is 23.5 Å². The van der Waals surface area contributed by atoms with Crippen molar-refractivity contribution in [3.8, 4) is 12.1 Å². The molecule has 0 saturated heterocycles. The summed E-state index contributed by atoms with van der Waals surface area (Å²) in [5, 5.41) is 20.2. The topological polar surface area (TPSA) is 86.0 Å². The summed E-state index contributed by atoms with van der Waals surface area (Å²) in [4.78, 5) is 4.59. The molecule has 1 aromatic carbocycles. The molecule has 1 heterocycles. The molecule has 4 nitrogen and oxygen atoms in total. The molecule has 3 rings (SSSR count). The molecule has 25 heavy (non-hydrogen) atoms. The Kier molecular flexibility index (Phi) is 4.60. The Labute approximate surface area is 163 Å². The molecule has 3 unspecified atom stereocenters. The Morgan fingerprint density at radius 2 is 1.92 bits per heavy atom. The fourth-order valence-electron chi connectivity index (χ4n) is 3.95. The molecule has 0 bridgehead atoms. The summed E-state index contributed by atoms with van der Waals surface area (Å²) in [5.41, 5.74) is 4.07. The van der Waals surface area contributed by atoms with E-state index in [2.05, 4.69) is 33.1 Å². The number of nitrogens with zero attached hydrogens (tertiary/aromatic N) is 3. The minimum absolute atomic E-state index is 0.142. The third-order valence-electron chi connectivity index (χ3n) is 4.88. The molecular formula is C17H16BrFN4S2. The lowest BCUT2D eigenvalue weighted by molar-refractivity contribution is 0.551. The number of thioether (sulfide) groups is 2. The van der Waals surface area contributed by atoms with E-state index in [9.17, 15) is 14.9 Å². The van der Waals surface area contributed by atoms with Crippen molar-refractivity contribution < 1.29 is 4.39 Å². The maximum Gasteiger partial charge on any atom is 0.175 e. The Morgan fingerprint density at radius 3 is 2.44 bits per heavy atom. The monoisotopic (exact) mass is 438 g/mol. The lowest BCUT2D eigenvalue weighted by Gasteiger charge is -2.31. The average Bonchev–Trinajstić information content (AvgIpc) is 3.16. The summed E-state index contributed by atoms with van der Waals surface area (Å²) in [6.45, 7) is 3.95. The van der Waals surface area contributed by atoms with E-state index in [0.717, 1.165) is 0 Å². The molecule has 1 saturated carbocycles. The SMILES string of the molecule is CCSC1(SCC)N=C(N)C2(C#N)C(c3cc(Br)ccc3F)C12C#N. The molecule has 1 fully saturated rings. The number of nitrogens with two attached hydrogens (primary N) is 1. The van der Waals surface area contributed by atoms with Gasteiger partial charge in [0.15, 0.2) is 4.20 Å². The van der Waals surface area contributed by atoms with Crippen molar-refractivity contribution in [2.45, 2.75) is 24.0 Å². The zero-order valence-electron chi connectivity index (χ0n) is 13.7. The first-order chi connectivity index (χ1) is 11.9. The van der Waals surface area contributed by atoms with Gasteiger partial charge in [-0.05, 0) is 35.3 Å². The van der Waals surface area contributed by atoms with Crippen molar-refractivity contribution in [2.75, 3.05) is 11.5 Å². The Bertz CT molecular complexity index is 840. The molecule has 1 aromatic rings. The quantitative estimate of drug-likeness (QED) is 0.694. The summed E-state index contributed by atoms with van der Waals surface area (Å²) in [6, 6.07) is 9.17. The fraction of sp³-hybridized carbons (Fsp3) is 0.471. The van der Waals surface area contributed by atoms with Gasteiger partial charge in [0.05, 0.1) is 12.1 Å². The molecule has 0 amide bonds. The van der Waals surface area contributed by atoms with Gasteiger partial charge in [0.25, 0.3) is 0 Å². The Hall–Kier alpha value is -1.22. The maximum absolute atomic E-state index is 14.6. The average molecular weight is 439 g/mol. The van der Waals surface area contributed by atoms with Crippen molar-refractivity contribution >= 4 is 45.3 Å². The molecule has 2 N–H and O–H groups in total. The highest BCUT2D eigenvalue weighted by Gasteiger charge is 2.92. The number of benzene rings is 1. The zero-order valence-corrected chi connectivity index (χ0v) is 16.9. The summed E-state index contributed by atoms with van der Waals surface area (Å²) >= 11 is 6.35. The van der Waals surface area contributed by atoms with Gasteiger partial charge in [-0.2, -0.15) is 10.5 Å². The van der Waals surface area contributed by atoms with Gasteiger partial charge in [-0.3, -0.25) is 0 Å². The first-order valence-electron chi connectivity index (χ1n) is 7.81. The molecule has 0 radical (unpaired) electrons. The third kappa shape index (κ3) is 2.08.